The van der Waals surface area contributed by atoms with E-state index in [2.05, 4.69) is 0 Å². The van der Waals surface area contributed by atoms with Gasteiger partial charge >= 0.3 is 6.18 Å². The zero-order valence-corrected chi connectivity index (χ0v) is 18.7. The number of alkyl halides is 3. The van der Waals surface area contributed by atoms with Gasteiger partial charge < -0.3 is 19.7 Å². The lowest BCUT2D eigenvalue weighted by molar-refractivity contribution is -0.137. The molecule has 2 aromatic carbocycles. The Morgan fingerprint density at radius 2 is 1.77 bits per heavy atom. The average molecular weight is 488 g/mol. The van der Waals surface area contributed by atoms with Crippen molar-refractivity contribution in [1.82, 2.24) is 4.57 Å². The van der Waals surface area contributed by atoms with E-state index < -0.39 is 46.1 Å². The van der Waals surface area contributed by atoms with Gasteiger partial charge in [0.05, 0.1) is 46.2 Å². The van der Waals surface area contributed by atoms with E-state index >= 15 is 0 Å². The number of aromatic nitrogens is 1. The number of hydrogen-bond donors (Lipinski definition) is 2. The van der Waals surface area contributed by atoms with Crippen molar-refractivity contribution >= 4 is 0 Å². The van der Waals surface area contributed by atoms with Crippen LogP contribution in [-0.4, -0.2) is 21.4 Å². The predicted octanol–water partition coefficient (Wildman–Crippen LogP) is 5.48. The van der Waals surface area contributed by atoms with Crippen molar-refractivity contribution in [3.8, 4) is 29.3 Å². The van der Waals surface area contributed by atoms with Crippen LogP contribution < -0.4 is 4.74 Å². The quantitative estimate of drug-likeness (QED) is 0.475. The number of hydrogen-bond acceptors (Lipinski definition) is 5. The molecule has 3 aromatic rings. The molecule has 0 radical (unpaired) electrons. The van der Waals surface area contributed by atoms with Gasteiger partial charge in [-0.25, -0.2) is 4.39 Å². The molecule has 1 fully saturated rings. The van der Waals surface area contributed by atoms with Crippen molar-refractivity contribution in [3.05, 3.63) is 70.5 Å². The molecular formula is C25H20F4N2O4. The third kappa shape index (κ3) is 3.33. The molecule has 3 heterocycles. The number of ether oxygens (including phenoxy) is 2. The molecule has 2 bridgehead atoms. The second kappa shape index (κ2) is 7.39. The summed E-state index contributed by atoms with van der Waals surface area (Å²) in [6, 6.07) is 9.97. The van der Waals surface area contributed by atoms with Crippen molar-refractivity contribution < 1.29 is 37.2 Å². The summed E-state index contributed by atoms with van der Waals surface area (Å²) in [7, 11) is 0. The summed E-state index contributed by atoms with van der Waals surface area (Å²) < 4.78 is 66.7. The lowest BCUT2D eigenvalue weighted by Crippen LogP contribution is -2.32. The summed E-state index contributed by atoms with van der Waals surface area (Å²) in [5.74, 6) is -1.11. The van der Waals surface area contributed by atoms with E-state index in [-0.39, 0.29) is 23.8 Å². The fraction of sp³-hybridized carbons (Fsp3) is 0.320. The second-order valence-electron chi connectivity index (χ2n) is 9.18. The molecule has 2 aliphatic rings. The van der Waals surface area contributed by atoms with Crippen LogP contribution in [0, 0.1) is 23.1 Å². The Labute approximate surface area is 197 Å². The van der Waals surface area contributed by atoms with Gasteiger partial charge in [-0.3, -0.25) is 4.57 Å². The van der Waals surface area contributed by atoms with Crippen LogP contribution in [-0.2, 0) is 22.1 Å². The average Bonchev–Trinajstić information content (AvgIpc) is 3.32. The van der Waals surface area contributed by atoms with E-state index in [4.69, 9.17) is 14.7 Å². The molecule has 1 aromatic heterocycles. The lowest BCUT2D eigenvalue weighted by Gasteiger charge is -2.29. The van der Waals surface area contributed by atoms with E-state index in [1.54, 1.807) is 13.8 Å². The molecule has 10 heteroatoms. The van der Waals surface area contributed by atoms with Crippen LogP contribution in [0.5, 0.6) is 17.5 Å². The Kier molecular flexibility index (Phi) is 4.87. The summed E-state index contributed by atoms with van der Waals surface area (Å²) >= 11 is 0. The number of nitrogens with zero attached hydrogens (tertiary/aromatic N) is 2. The molecule has 182 valence electrons. The van der Waals surface area contributed by atoms with Gasteiger partial charge in [0.25, 0.3) is 0 Å². The topological polar surface area (TPSA) is 87.6 Å². The summed E-state index contributed by atoms with van der Waals surface area (Å²) in [5, 5.41) is 31.2. The first kappa shape index (κ1) is 23.1. The Hall–Kier alpha value is -3.71. The number of nitriles is 1. The standard InChI is InChI=1S/C25H20F4N2O4/c1-23-10-14(12-34-17-7-4-15(26)5-8-17)24(2,35-23)20-19(23)21(32)31(22(20)33)16-6-3-13(11-30)18(9-16)25(27,28)29/h3-9,14,32-33H,10,12H2,1-2H3/t14-,23+,24-/m0/s1. The highest BCUT2D eigenvalue weighted by molar-refractivity contribution is 5.62. The molecule has 2 aliphatic heterocycles. The summed E-state index contributed by atoms with van der Waals surface area (Å²) in [6.45, 7) is 3.63. The molecule has 0 spiro atoms. The highest BCUT2D eigenvalue weighted by atomic mass is 19.4. The van der Waals surface area contributed by atoms with Gasteiger partial charge in [-0.2, -0.15) is 18.4 Å². The first-order valence-corrected chi connectivity index (χ1v) is 10.8. The first-order chi connectivity index (χ1) is 16.4. The van der Waals surface area contributed by atoms with Gasteiger partial charge in [-0.1, -0.05) is 0 Å². The molecule has 5 rings (SSSR count). The van der Waals surface area contributed by atoms with E-state index in [0.717, 1.165) is 16.7 Å². The highest BCUT2D eigenvalue weighted by Crippen LogP contribution is 2.66. The Balaban J connectivity index is 1.55. The van der Waals surface area contributed by atoms with Crippen LogP contribution in [0.15, 0.2) is 42.5 Å². The Morgan fingerprint density at radius 3 is 2.40 bits per heavy atom. The minimum absolute atomic E-state index is 0.147. The monoisotopic (exact) mass is 488 g/mol. The summed E-state index contributed by atoms with van der Waals surface area (Å²) in [4.78, 5) is 0. The minimum Gasteiger partial charge on any atom is -0.494 e. The second-order valence-corrected chi connectivity index (χ2v) is 9.18. The zero-order chi connectivity index (χ0) is 25.3. The van der Waals surface area contributed by atoms with Gasteiger partial charge in [0.2, 0.25) is 11.8 Å². The number of aromatic hydroxyl groups is 2. The normalized spacial score (nSPS) is 24.9. The van der Waals surface area contributed by atoms with Gasteiger partial charge in [0.1, 0.15) is 17.2 Å². The predicted molar refractivity (Wildman–Crippen MR) is 115 cm³/mol. The van der Waals surface area contributed by atoms with Crippen molar-refractivity contribution in [3.63, 3.8) is 0 Å². The minimum atomic E-state index is -4.80. The van der Waals surface area contributed by atoms with Gasteiger partial charge in [-0.15, -0.1) is 0 Å². The van der Waals surface area contributed by atoms with Crippen LogP contribution in [0.25, 0.3) is 5.69 Å². The Morgan fingerprint density at radius 1 is 1.11 bits per heavy atom. The zero-order valence-electron chi connectivity index (χ0n) is 18.7. The maximum Gasteiger partial charge on any atom is 0.417 e. The number of benzene rings is 2. The van der Waals surface area contributed by atoms with Gasteiger partial charge in [-0.05, 0) is 62.7 Å². The largest absolute Gasteiger partial charge is 0.494 e. The number of halogens is 4. The molecule has 0 saturated carbocycles. The van der Waals surface area contributed by atoms with Crippen molar-refractivity contribution in [2.45, 2.75) is 37.6 Å². The molecule has 1 saturated heterocycles. The smallest absolute Gasteiger partial charge is 0.417 e. The lowest BCUT2D eigenvalue weighted by atomic mass is 9.73. The van der Waals surface area contributed by atoms with Crippen molar-refractivity contribution in [2.24, 2.45) is 5.92 Å². The molecule has 6 nitrogen and oxygen atoms in total. The van der Waals surface area contributed by atoms with E-state index in [1.165, 1.54) is 36.4 Å². The summed E-state index contributed by atoms with van der Waals surface area (Å²) in [5.41, 5.74) is -3.44. The van der Waals surface area contributed by atoms with Crippen LogP contribution in [0.4, 0.5) is 17.6 Å². The molecular weight excluding hydrogens is 468 g/mol. The summed E-state index contributed by atoms with van der Waals surface area (Å²) in [6.07, 6.45) is -4.39. The molecule has 3 atom stereocenters. The fourth-order valence-electron chi connectivity index (χ4n) is 5.38. The fourth-order valence-corrected chi connectivity index (χ4v) is 5.38. The van der Waals surface area contributed by atoms with Crippen LogP contribution in [0.3, 0.4) is 0 Å². The van der Waals surface area contributed by atoms with Crippen molar-refractivity contribution in [2.75, 3.05) is 6.61 Å². The van der Waals surface area contributed by atoms with Crippen LogP contribution in [0.2, 0.25) is 0 Å². The molecule has 0 amide bonds. The maximum atomic E-state index is 13.5. The Bertz CT molecular complexity index is 1380. The van der Waals surface area contributed by atoms with Crippen LogP contribution in [0.1, 0.15) is 42.5 Å². The van der Waals surface area contributed by atoms with Crippen LogP contribution >= 0.6 is 0 Å². The first-order valence-electron chi connectivity index (χ1n) is 10.8. The third-order valence-electron chi connectivity index (χ3n) is 6.95. The SMILES string of the molecule is C[C@]12C[C@@H](COc3ccc(F)cc3)[C@](C)(O1)c1c2c(O)n(-c2ccc(C#N)c(C(F)(F)F)c2)c1O. The van der Waals surface area contributed by atoms with Crippen molar-refractivity contribution in [1.29, 1.82) is 5.26 Å². The molecule has 35 heavy (non-hydrogen) atoms. The maximum absolute atomic E-state index is 13.5. The highest BCUT2D eigenvalue weighted by Gasteiger charge is 2.64. The van der Waals surface area contributed by atoms with Gasteiger partial charge in [0.15, 0.2) is 0 Å². The molecule has 2 N–H and O–H groups in total. The van der Waals surface area contributed by atoms with E-state index in [1.807, 2.05) is 0 Å². The van der Waals surface area contributed by atoms with Gasteiger partial charge in [0, 0.05) is 5.92 Å². The van der Waals surface area contributed by atoms with E-state index in [9.17, 15) is 27.8 Å². The third-order valence-corrected chi connectivity index (χ3v) is 6.95. The molecule has 0 aliphatic carbocycles. The molecule has 0 unspecified atom stereocenters. The van der Waals surface area contributed by atoms with E-state index in [0.29, 0.717) is 17.7 Å². The number of fused-ring (bicyclic) bond motifs is 5. The number of rotatable bonds is 4.